The van der Waals surface area contributed by atoms with Crippen molar-refractivity contribution in [2.45, 2.75) is 38.0 Å². The molecule has 186 valence electrons. The van der Waals surface area contributed by atoms with Gasteiger partial charge in [0.05, 0.1) is 10.5 Å². The van der Waals surface area contributed by atoms with Gasteiger partial charge in [-0.1, -0.05) is 32.0 Å². The van der Waals surface area contributed by atoms with E-state index < -0.39 is 70.6 Å². The second-order valence-corrected chi connectivity index (χ2v) is 8.82. The van der Waals surface area contributed by atoms with Gasteiger partial charge in [-0.05, 0) is 30.2 Å². The molecule has 2 aromatic carbocycles. The predicted molar refractivity (Wildman–Crippen MR) is 110 cm³/mol. The Labute approximate surface area is 192 Å². The smallest absolute Gasteiger partial charge is 0.387 e. The minimum atomic E-state index is -4.09. The van der Waals surface area contributed by atoms with Crippen LogP contribution in [0.2, 0.25) is 0 Å². The van der Waals surface area contributed by atoms with Crippen molar-refractivity contribution >= 4 is 21.8 Å². The minimum absolute atomic E-state index is 0.0931. The standard InChI is InChI=1S/C21H21F4NO7S/c1-12(2)18(26-34(29,30)14-6-4-3-5-7-14)19(28)31-11-16(27)15-9-8-13(32-20(22)23)10-17(15)33-21(24)25/h3-10,12,18,20-21,26H,11H2,1-2H3/t18-/m0/s1. The molecule has 2 aromatic rings. The molecule has 13 heteroatoms. The van der Waals surface area contributed by atoms with Crippen LogP contribution in [0.5, 0.6) is 11.5 Å². The number of halogens is 4. The van der Waals surface area contributed by atoms with Crippen LogP contribution in [-0.4, -0.2) is 46.0 Å². The Morgan fingerprint density at radius 2 is 1.56 bits per heavy atom. The lowest BCUT2D eigenvalue weighted by Crippen LogP contribution is -2.45. The molecule has 0 aliphatic heterocycles. The maximum atomic E-state index is 12.7. The molecule has 0 aliphatic carbocycles. The van der Waals surface area contributed by atoms with Crippen molar-refractivity contribution in [2.24, 2.45) is 5.92 Å². The molecule has 0 saturated heterocycles. The maximum Gasteiger partial charge on any atom is 0.387 e. The van der Waals surface area contributed by atoms with Crippen LogP contribution in [0.3, 0.4) is 0 Å². The molecule has 8 nitrogen and oxygen atoms in total. The summed E-state index contributed by atoms with van der Waals surface area (Å²) in [7, 11) is -4.09. The third-order valence-electron chi connectivity index (χ3n) is 4.30. The van der Waals surface area contributed by atoms with Crippen molar-refractivity contribution in [1.82, 2.24) is 4.72 Å². The summed E-state index contributed by atoms with van der Waals surface area (Å²) in [6.07, 6.45) is 0. The molecule has 0 heterocycles. The first-order valence-corrected chi connectivity index (χ1v) is 11.2. The van der Waals surface area contributed by atoms with Crippen molar-refractivity contribution < 1.29 is 49.8 Å². The molecule has 0 bridgehead atoms. The number of ether oxygens (including phenoxy) is 3. The number of Topliss-reactive ketones (excluding diaryl/α,β-unsaturated/α-hetero) is 1. The third-order valence-corrected chi connectivity index (χ3v) is 5.75. The van der Waals surface area contributed by atoms with Gasteiger partial charge in [0.15, 0.2) is 6.61 Å². The molecule has 1 N–H and O–H groups in total. The van der Waals surface area contributed by atoms with Crippen LogP contribution in [0, 0.1) is 5.92 Å². The summed E-state index contributed by atoms with van der Waals surface area (Å²) < 4.78 is 90.6. The van der Waals surface area contributed by atoms with Crippen LogP contribution in [0.1, 0.15) is 24.2 Å². The van der Waals surface area contributed by atoms with Crippen LogP contribution < -0.4 is 14.2 Å². The van der Waals surface area contributed by atoms with Gasteiger partial charge >= 0.3 is 19.2 Å². The molecule has 0 spiro atoms. The number of sulfonamides is 1. The highest BCUT2D eigenvalue weighted by atomic mass is 32.2. The summed E-state index contributed by atoms with van der Waals surface area (Å²) in [6.45, 7) is -4.50. The summed E-state index contributed by atoms with van der Waals surface area (Å²) >= 11 is 0. The molecular formula is C21H21F4NO7S. The fourth-order valence-corrected chi connectivity index (χ4v) is 4.05. The molecule has 0 amide bonds. The van der Waals surface area contributed by atoms with E-state index in [4.69, 9.17) is 4.74 Å². The van der Waals surface area contributed by atoms with Gasteiger partial charge in [0, 0.05) is 6.07 Å². The zero-order valence-corrected chi connectivity index (χ0v) is 18.7. The van der Waals surface area contributed by atoms with E-state index in [0.29, 0.717) is 6.07 Å². The summed E-state index contributed by atoms with van der Waals surface area (Å²) in [4.78, 5) is 24.9. The van der Waals surface area contributed by atoms with Crippen molar-refractivity contribution in [3.63, 3.8) is 0 Å². The fourth-order valence-electron chi connectivity index (χ4n) is 2.70. The normalized spacial score (nSPS) is 12.6. The van der Waals surface area contributed by atoms with Gasteiger partial charge in [-0.2, -0.15) is 22.3 Å². The molecular weight excluding hydrogens is 486 g/mol. The van der Waals surface area contributed by atoms with E-state index >= 15 is 0 Å². The number of nitrogens with one attached hydrogen (secondary N) is 1. The van der Waals surface area contributed by atoms with Crippen molar-refractivity contribution in [3.8, 4) is 11.5 Å². The number of benzene rings is 2. The summed E-state index contributed by atoms with van der Waals surface area (Å²) in [5.74, 6) is -3.96. The van der Waals surface area contributed by atoms with Gasteiger partial charge < -0.3 is 14.2 Å². The van der Waals surface area contributed by atoms with Crippen molar-refractivity contribution in [1.29, 1.82) is 0 Å². The summed E-state index contributed by atoms with van der Waals surface area (Å²) in [5, 5.41) is 0. The third kappa shape index (κ3) is 7.70. The number of hydrogen-bond donors (Lipinski definition) is 1. The minimum Gasteiger partial charge on any atom is -0.456 e. The largest absolute Gasteiger partial charge is 0.456 e. The maximum absolute atomic E-state index is 12.7. The quantitative estimate of drug-likeness (QED) is 0.266. The Balaban J connectivity index is 2.14. The molecule has 0 unspecified atom stereocenters. The van der Waals surface area contributed by atoms with Gasteiger partial charge in [-0.15, -0.1) is 0 Å². The number of alkyl halides is 4. The predicted octanol–water partition coefficient (Wildman–Crippen LogP) is 3.62. The Morgan fingerprint density at radius 3 is 2.12 bits per heavy atom. The number of rotatable bonds is 12. The van der Waals surface area contributed by atoms with Gasteiger partial charge in [0.1, 0.15) is 17.5 Å². The van der Waals surface area contributed by atoms with E-state index in [9.17, 15) is 35.6 Å². The molecule has 34 heavy (non-hydrogen) atoms. The average Bonchev–Trinajstić information content (AvgIpc) is 2.75. The average molecular weight is 507 g/mol. The van der Waals surface area contributed by atoms with E-state index in [0.717, 1.165) is 12.1 Å². The van der Waals surface area contributed by atoms with Crippen LogP contribution in [0.25, 0.3) is 0 Å². The van der Waals surface area contributed by atoms with Crippen LogP contribution in [-0.2, 0) is 19.6 Å². The number of carbonyl (C=O) groups is 2. The molecule has 0 saturated carbocycles. The van der Waals surface area contributed by atoms with E-state index in [1.165, 1.54) is 38.1 Å². The first kappa shape index (κ1) is 27.1. The number of hydrogen-bond acceptors (Lipinski definition) is 7. The SMILES string of the molecule is CC(C)[C@H](NS(=O)(=O)c1ccccc1)C(=O)OCC(=O)c1ccc(OC(F)F)cc1OC(F)F. The highest BCUT2D eigenvalue weighted by Gasteiger charge is 2.30. The highest BCUT2D eigenvalue weighted by Crippen LogP contribution is 2.28. The zero-order chi connectivity index (χ0) is 25.5. The Bertz CT molecular complexity index is 1100. The van der Waals surface area contributed by atoms with Crippen molar-refractivity contribution in [3.05, 3.63) is 54.1 Å². The number of ketones is 1. The first-order chi connectivity index (χ1) is 15.9. The van der Waals surface area contributed by atoms with Gasteiger partial charge in [-0.25, -0.2) is 8.42 Å². The van der Waals surface area contributed by atoms with E-state index in [2.05, 4.69) is 14.2 Å². The summed E-state index contributed by atoms with van der Waals surface area (Å²) in [5.41, 5.74) is -0.485. The molecule has 0 aromatic heterocycles. The van der Waals surface area contributed by atoms with Crippen LogP contribution in [0.15, 0.2) is 53.4 Å². The first-order valence-electron chi connectivity index (χ1n) is 9.71. The monoisotopic (exact) mass is 507 g/mol. The zero-order valence-electron chi connectivity index (χ0n) is 17.9. The fraction of sp³-hybridized carbons (Fsp3) is 0.333. The van der Waals surface area contributed by atoms with Gasteiger partial charge in [0.2, 0.25) is 15.8 Å². The van der Waals surface area contributed by atoms with E-state index in [-0.39, 0.29) is 4.90 Å². The molecule has 0 fully saturated rings. The van der Waals surface area contributed by atoms with Crippen LogP contribution >= 0.6 is 0 Å². The van der Waals surface area contributed by atoms with Gasteiger partial charge in [0.25, 0.3) is 0 Å². The molecule has 1 atom stereocenters. The van der Waals surface area contributed by atoms with E-state index in [1.807, 2.05) is 0 Å². The lowest BCUT2D eigenvalue weighted by Gasteiger charge is -2.21. The summed E-state index contributed by atoms with van der Waals surface area (Å²) in [6, 6.07) is 8.35. The Morgan fingerprint density at radius 1 is 0.941 bits per heavy atom. The topological polar surface area (TPSA) is 108 Å². The lowest BCUT2D eigenvalue weighted by atomic mass is 10.1. The lowest BCUT2D eigenvalue weighted by molar-refractivity contribution is -0.145. The molecule has 0 radical (unpaired) electrons. The Hall–Kier alpha value is -3.19. The second-order valence-electron chi connectivity index (χ2n) is 7.10. The number of esters is 1. The van der Waals surface area contributed by atoms with Crippen molar-refractivity contribution in [2.75, 3.05) is 6.61 Å². The molecule has 2 rings (SSSR count). The highest BCUT2D eigenvalue weighted by molar-refractivity contribution is 7.89. The second kappa shape index (κ2) is 11.8. The molecule has 0 aliphatic rings. The Kier molecular flexibility index (Phi) is 9.38. The van der Waals surface area contributed by atoms with E-state index in [1.54, 1.807) is 6.07 Å². The van der Waals surface area contributed by atoms with Crippen LogP contribution in [0.4, 0.5) is 17.6 Å². The van der Waals surface area contributed by atoms with Gasteiger partial charge in [-0.3, -0.25) is 9.59 Å². The number of carbonyl (C=O) groups excluding carboxylic acids is 2.